The van der Waals surface area contributed by atoms with Crippen molar-refractivity contribution in [1.82, 2.24) is 4.90 Å². The maximum atomic E-state index is 13.3. The number of hydrogen-bond acceptors (Lipinski definition) is 3. The molecule has 0 aromatic heterocycles. The molecule has 1 rings (SSSR count). The Bertz CT molecular complexity index is 510. The molecule has 5 nitrogen and oxygen atoms in total. The summed E-state index contributed by atoms with van der Waals surface area (Å²) in [5.74, 6) is 0.215. The zero-order valence-electron chi connectivity index (χ0n) is 12.0. The van der Waals surface area contributed by atoms with Crippen molar-refractivity contribution in [3.05, 3.63) is 24.0 Å². The molecule has 1 aromatic rings. The Morgan fingerprint density at radius 1 is 1.50 bits per heavy atom. The Balaban J connectivity index is 2.74. The van der Waals surface area contributed by atoms with Crippen LogP contribution in [-0.4, -0.2) is 47.3 Å². The number of rotatable bonds is 5. The molecule has 0 unspecified atom stereocenters. The van der Waals surface area contributed by atoms with E-state index < -0.39 is 22.6 Å². The van der Waals surface area contributed by atoms with Crippen LogP contribution in [0.25, 0.3) is 0 Å². The van der Waals surface area contributed by atoms with Crippen LogP contribution in [0.2, 0.25) is 0 Å². The zero-order chi connectivity index (χ0) is 15.3. The molecule has 20 heavy (non-hydrogen) atoms. The molecule has 0 aliphatic heterocycles. The molecule has 0 spiro atoms. The first-order valence-corrected chi connectivity index (χ1v) is 7.74. The van der Waals surface area contributed by atoms with Gasteiger partial charge in [0.05, 0.1) is 7.11 Å². The van der Waals surface area contributed by atoms with Gasteiger partial charge in [-0.25, -0.2) is 9.18 Å². The summed E-state index contributed by atoms with van der Waals surface area (Å²) in [6.07, 6.45) is 1.58. The number of urea groups is 1. The third-order valence-electron chi connectivity index (χ3n) is 2.82. The van der Waals surface area contributed by atoms with E-state index >= 15 is 0 Å². The molecule has 2 atom stereocenters. The fourth-order valence-corrected chi connectivity index (χ4v) is 2.52. The van der Waals surface area contributed by atoms with Crippen LogP contribution in [0.15, 0.2) is 18.2 Å². The summed E-state index contributed by atoms with van der Waals surface area (Å²) in [6, 6.07) is 3.38. The van der Waals surface area contributed by atoms with Crippen molar-refractivity contribution < 1.29 is 18.1 Å². The normalized spacial score (nSPS) is 13.4. The van der Waals surface area contributed by atoms with Crippen LogP contribution in [0.4, 0.5) is 14.9 Å². The molecule has 1 N–H and O–H groups in total. The van der Waals surface area contributed by atoms with Gasteiger partial charge in [-0.05, 0) is 13.0 Å². The predicted octanol–water partition coefficient (Wildman–Crippen LogP) is 2.06. The van der Waals surface area contributed by atoms with Crippen molar-refractivity contribution in [2.75, 3.05) is 31.5 Å². The number of nitrogens with one attached hydrogen (secondary N) is 1. The number of anilines is 1. The van der Waals surface area contributed by atoms with E-state index in [9.17, 15) is 13.4 Å². The van der Waals surface area contributed by atoms with Gasteiger partial charge >= 0.3 is 6.03 Å². The number of amides is 2. The van der Waals surface area contributed by atoms with E-state index in [0.717, 1.165) is 0 Å². The minimum Gasteiger partial charge on any atom is -0.497 e. The molecule has 0 fully saturated rings. The number of benzene rings is 1. The predicted molar refractivity (Wildman–Crippen MR) is 78.1 cm³/mol. The average molecular weight is 302 g/mol. The smallest absolute Gasteiger partial charge is 0.321 e. The summed E-state index contributed by atoms with van der Waals surface area (Å²) in [7, 11) is 2.03. The maximum absolute atomic E-state index is 13.3. The van der Waals surface area contributed by atoms with E-state index in [1.165, 1.54) is 30.2 Å². The topological polar surface area (TPSA) is 58.6 Å². The first-order chi connectivity index (χ1) is 9.33. The largest absolute Gasteiger partial charge is 0.497 e. The van der Waals surface area contributed by atoms with Gasteiger partial charge in [0, 0.05) is 53.7 Å². The van der Waals surface area contributed by atoms with Gasteiger partial charge in [0.2, 0.25) is 0 Å². The Hall–Kier alpha value is -1.63. The molecular formula is C13H19FN2O3S. The average Bonchev–Trinajstić information content (AvgIpc) is 2.36. The highest BCUT2D eigenvalue weighted by atomic mass is 32.2. The van der Waals surface area contributed by atoms with Gasteiger partial charge in [-0.1, -0.05) is 0 Å². The van der Waals surface area contributed by atoms with E-state index in [-0.39, 0.29) is 6.04 Å². The third kappa shape index (κ3) is 4.80. The van der Waals surface area contributed by atoms with Crippen LogP contribution >= 0.6 is 0 Å². The lowest BCUT2D eigenvalue weighted by atomic mass is 10.3. The van der Waals surface area contributed by atoms with Crippen molar-refractivity contribution >= 4 is 22.5 Å². The first-order valence-electron chi connectivity index (χ1n) is 6.02. The summed E-state index contributed by atoms with van der Waals surface area (Å²) >= 11 is 0. The van der Waals surface area contributed by atoms with Gasteiger partial charge in [-0.2, -0.15) is 0 Å². The van der Waals surface area contributed by atoms with Crippen LogP contribution in [-0.2, 0) is 10.8 Å². The number of methoxy groups -OCH3 is 1. The van der Waals surface area contributed by atoms with Gasteiger partial charge in [-0.3, -0.25) is 4.21 Å². The highest BCUT2D eigenvalue weighted by Gasteiger charge is 2.17. The summed E-state index contributed by atoms with van der Waals surface area (Å²) in [5.41, 5.74) is 0.309. The van der Waals surface area contributed by atoms with Crippen molar-refractivity contribution in [3.63, 3.8) is 0 Å². The van der Waals surface area contributed by atoms with Crippen molar-refractivity contribution in [2.24, 2.45) is 0 Å². The number of carbonyl (C=O) groups is 1. The number of carbonyl (C=O) groups excluding carboxylic acids is 1. The lowest BCUT2D eigenvalue weighted by Crippen LogP contribution is -2.40. The molecule has 0 aliphatic carbocycles. The fourth-order valence-electron chi connectivity index (χ4n) is 1.62. The number of hydrogen-bond donors (Lipinski definition) is 1. The molecule has 0 radical (unpaired) electrons. The SMILES string of the molecule is COc1cc(F)cc(NC(=O)N(C)[C@H](C)C[S@](C)=O)c1. The Labute approximate surface area is 120 Å². The number of nitrogens with zero attached hydrogens (tertiary/aromatic N) is 1. The summed E-state index contributed by atoms with van der Waals surface area (Å²) in [5, 5.41) is 2.58. The molecule has 112 valence electrons. The molecule has 0 heterocycles. The maximum Gasteiger partial charge on any atom is 0.321 e. The molecule has 2 amide bonds. The Morgan fingerprint density at radius 2 is 2.15 bits per heavy atom. The van der Waals surface area contributed by atoms with E-state index in [2.05, 4.69) is 5.32 Å². The van der Waals surface area contributed by atoms with Gasteiger partial charge in [0.25, 0.3) is 0 Å². The van der Waals surface area contributed by atoms with Gasteiger partial charge in [-0.15, -0.1) is 0 Å². The second-order valence-corrected chi connectivity index (χ2v) is 5.99. The summed E-state index contributed by atoms with van der Waals surface area (Å²) in [6.45, 7) is 1.80. The van der Waals surface area contributed by atoms with Gasteiger partial charge in [0.15, 0.2) is 0 Å². The molecule has 0 saturated carbocycles. The van der Waals surface area contributed by atoms with Crippen LogP contribution in [0, 0.1) is 5.82 Å². The lowest BCUT2D eigenvalue weighted by Gasteiger charge is -2.24. The molecule has 0 saturated heterocycles. The van der Waals surface area contributed by atoms with Crippen molar-refractivity contribution in [3.8, 4) is 5.75 Å². The molecule has 7 heteroatoms. The quantitative estimate of drug-likeness (QED) is 0.906. The van der Waals surface area contributed by atoms with E-state index in [4.69, 9.17) is 4.74 Å². The van der Waals surface area contributed by atoms with E-state index in [0.29, 0.717) is 17.2 Å². The highest BCUT2D eigenvalue weighted by Crippen LogP contribution is 2.20. The summed E-state index contributed by atoms with van der Waals surface area (Å²) in [4.78, 5) is 13.4. The van der Waals surface area contributed by atoms with Gasteiger partial charge in [0.1, 0.15) is 11.6 Å². The fraction of sp³-hybridized carbons (Fsp3) is 0.462. The first kappa shape index (κ1) is 16.4. The minimum absolute atomic E-state index is 0.184. The van der Waals surface area contributed by atoms with E-state index in [1.54, 1.807) is 20.2 Å². The third-order valence-corrected chi connectivity index (χ3v) is 3.77. The summed E-state index contributed by atoms with van der Waals surface area (Å²) < 4.78 is 29.4. The monoisotopic (exact) mass is 302 g/mol. The van der Waals surface area contributed by atoms with Gasteiger partial charge < -0.3 is 15.0 Å². The Morgan fingerprint density at radius 3 is 2.70 bits per heavy atom. The minimum atomic E-state index is -0.990. The van der Waals surface area contributed by atoms with Crippen molar-refractivity contribution in [2.45, 2.75) is 13.0 Å². The number of halogens is 1. The van der Waals surface area contributed by atoms with Crippen LogP contribution in [0.5, 0.6) is 5.75 Å². The molecular weight excluding hydrogens is 283 g/mol. The molecule has 0 aliphatic rings. The van der Waals surface area contributed by atoms with Crippen LogP contribution in [0.1, 0.15) is 6.92 Å². The second kappa shape index (κ2) is 7.23. The second-order valence-electron chi connectivity index (χ2n) is 4.51. The van der Waals surface area contributed by atoms with Crippen molar-refractivity contribution in [1.29, 1.82) is 0 Å². The lowest BCUT2D eigenvalue weighted by molar-refractivity contribution is 0.212. The zero-order valence-corrected chi connectivity index (χ0v) is 12.8. The highest BCUT2D eigenvalue weighted by molar-refractivity contribution is 7.84. The Kier molecular flexibility index (Phi) is 5.94. The van der Waals surface area contributed by atoms with E-state index in [1.807, 2.05) is 0 Å². The molecule has 0 bridgehead atoms. The van der Waals surface area contributed by atoms with Crippen LogP contribution in [0.3, 0.4) is 0 Å². The molecule has 1 aromatic carbocycles. The number of ether oxygens (including phenoxy) is 1. The standard InChI is InChI=1S/C13H19FN2O3S/c1-9(8-20(4)18)16(2)13(17)15-11-5-10(14)6-12(7-11)19-3/h5-7,9H,8H2,1-4H3,(H,15,17)/t9-,20+/m1/s1. The van der Waals surface area contributed by atoms with Crippen LogP contribution < -0.4 is 10.1 Å².